The Kier molecular flexibility index (Phi) is 2.80. The molecule has 0 saturated heterocycles. The molecule has 0 fully saturated rings. The van der Waals surface area contributed by atoms with Crippen molar-refractivity contribution in [3.05, 3.63) is 46.4 Å². The normalized spacial score (nSPS) is 11.2. The Hall–Kier alpha value is -1.81. The van der Waals surface area contributed by atoms with E-state index in [0.29, 0.717) is 0 Å². The van der Waals surface area contributed by atoms with Gasteiger partial charge < -0.3 is 10.3 Å². The van der Waals surface area contributed by atoms with Gasteiger partial charge in [0.25, 0.3) is 0 Å². The van der Waals surface area contributed by atoms with Gasteiger partial charge in [0, 0.05) is 10.6 Å². The van der Waals surface area contributed by atoms with E-state index < -0.39 is 0 Å². The highest BCUT2D eigenvalue weighted by molar-refractivity contribution is 7.10. The smallest absolute Gasteiger partial charge is 0.0961 e. The van der Waals surface area contributed by atoms with Crippen molar-refractivity contribution in [2.45, 2.75) is 19.9 Å². The highest BCUT2D eigenvalue weighted by Crippen LogP contribution is 2.22. The van der Waals surface area contributed by atoms with Gasteiger partial charge in [-0.2, -0.15) is 0 Å². The number of imidazole rings is 1. The van der Waals surface area contributed by atoms with Crippen molar-refractivity contribution in [1.29, 1.82) is 0 Å². The van der Waals surface area contributed by atoms with Crippen LogP contribution < -0.4 is 5.73 Å². The molecule has 1 aromatic carbocycles. The van der Waals surface area contributed by atoms with Crippen molar-refractivity contribution in [2.75, 3.05) is 5.73 Å². The predicted molar refractivity (Wildman–Crippen MR) is 76.9 cm³/mol. The van der Waals surface area contributed by atoms with Crippen LogP contribution in [-0.4, -0.2) is 9.55 Å². The van der Waals surface area contributed by atoms with E-state index in [1.807, 2.05) is 35.9 Å². The SMILES string of the molecule is CCc1ccsc1Cn1cnc2cc(N)ccc21. The molecule has 92 valence electrons. The van der Waals surface area contributed by atoms with Gasteiger partial charge in [-0.05, 0) is 41.6 Å². The lowest BCUT2D eigenvalue weighted by atomic mass is 10.2. The lowest BCUT2D eigenvalue weighted by Crippen LogP contribution is -1.98. The van der Waals surface area contributed by atoms with Crippen LogP contribution in [0.25, 0.3) is 11.0 Å². The van der Waals surface area contributed by atoms with Crippen molar-refractivity contribution in [3.63, 3.8) is 0 Å². The lowest BCUT2D eigenvalue weighted by molar-refractivity contribution is 0.828. The summed E-state index contributed by atoms with van der Waals surface area (Å²) in [4.78, 5) is 5.81. The molecule has 18 heavy (non-hydrogen) atoms. The van der Waals surface area contributed by atoms with Gasteiger partial charge in [0.1, 0.15) is 0 Å². The van der Waals surface area contributed by atoms with Crippen LogP contribution in [0.15, 0.2) is 36.0 Å². The second-order valence-corrected chi connectivity index (χ2v) is 5.34. The molecule has 0 radical (unpaired) electrons. The second-order valence-electron chi connectivity index (χ2n) is 4.34. The first-order valence-electron chi connectivity index (χ1n) is 6.03. The molecule has 4 heteroatoms. The summed E-state index contributed by atoms with van der Waals surface area (Å²) in [5.41, 5.74) is 10.1. The molecule has 3 rings (SSSR count). The quantitative estimate of drug-likeness (QED) is 0.732. The summed E-state index contributed by atoms with van der Waals surface area (Å²) in [6.45, 7) is 3.08. The van der Waals surface area contributed by atoms with Gasteiger partial charge in [0.05, 0.1) is 23.9 Å². The molecule has 2 N–H and O–H groups in total. The van der Waals surface area contributed by atoms with Crippen LogP contribution in [0, 0.1) is 0 Å². The second kappa shape index (κ2) is 4.46. The number of fused-ring (bicyclic) bond motifs is 1. The van der Waals surface area contributed by atoms with E-state index >= 15 is 0 Å². The number of benzene rings is 1. The van der Waals surface area contributed by atoms with Crippen molar-refractivity contribution < 1.29 is 0 Å². The van der Waals surface area contributed by atoms with Crippen LogP contribution >= 0.6 is 11.3 Å². The third kappa shape index (κ3) is 1.88. The summed E-state index contributed by atoms with van der Waals surface area (Å²) >= 11 is 1.81. The molecule has 2 heterocycles. The molecular weight excluding hydrogens is 242 g/mol. The maximum Gasteiger partial charge on any atom is 0.0961 e. The number of thiophene rings is 1. The van der Waals surface area contributed by atoms with E-state index in [4.69, 9.17) is 5.73 Å². The molecule has 0 unspecified atom stereocenters. The number of nitrogen functional groups attached to an aromatic ring is 1. The molecular formula is C14H15N3S. The summed E-state index contributed by atoms with van der Waals surface area (Å²) in [5.74, 6) is 0. The largest absolute Gasteiger partial charge is 0.399 e. The lowest BCUT2D eigenvalue weighted by Gasteiger charge is -2.05. The first-order valence-corrected chi connectivity index (χ1v) is 6.91. The Balaban J connectivity index is 2.00. The monoisotopic (exact) mass is 257 g/mol. The van der Waals surface area contributed by atoms with Crippen LogP contribution in [0.2, 0.25) is 0 Å². The van der Waals surface area contributed by atoms with Crippen LogP contribution in [0.5, 0.6) is 0 Å². The molecule has 0 spiro atoms. The van der Waals surface area contributed by atoms with Crippen LogP contribution in [0.4, 0.5) is 5.69 Å². The zero-order valence-corrected chi connectivity index (χ0v) is 11.1. The Morgan fingerprint density at radius 2 is 2.22 bits per heavy atom. The van der Waals surface area contributed by atoms with Gasteiger partial charge in [0.15, 0.2) is 0 Å². The number of hydrogen-bond acceptors (Lipinski definition) is 3. The maximum absolute atomic E-state index is 5.77. The van der Waals surface area contributed by atoms with E-state index in [2.05, 4.69) is 27.9 Å². The van der Waals surface area contributed by atoms with Gasteiger partial charge in [-0.1, -0.05) is 6.92 Å². The first-order chi connectivity index (χ1) is 8.78. The minimum Gasteiger partial charge on any atom is -0.399 e. The summed E-state index contributed by atoms with van der Waals surface area (Å²) in [5, 5.41) is 2.16. The average Bonchev–Trinajstić information content (AvgIpc) is 2.96. The number of anilines is 1. The zero-order valence-electron chi connectivity index (χ0n) is 10.3. The topological polar surface area (TPSA) is 43.8 Å². The molecule has 0 saturated carbocycles. The van der Waals surface area contributed by atoms with E-state index in [9.17, 15) is 0 Å². The van der Waals surface area contributed by atoms with Crippen molar-refractivity contribution in [2.24, 2.45) is 0 Å². The number of aryl methyl sites for hydroxylation is 1. The summed E-state index contributed by atoms with van der Waals surface area (Å²) < 4.78 is 2.18. The van der Waals surface area contributed by atoms with Crippen LogP contribution in [0.3, 0.4) is 0 Å². The van der Waals surface area contributed by atoms with E-state index in [-0.39, 0.29) is 0 Å². The Bertz CT molecular complexity index is 681. The molecule has 3 nitrogen and oxygen atoms in total. The zero-order chi connectivity index (χ0) is 12.5. The van der Waals surface area contributed by atoms with E-state index in [1.54, 1.807) is 0 Å². The van der Waals surface area contributed by atoms with Gasteiger partial charge in [-0.3, -0.25) is 0 Å². The minimum absolute atomic E-state index is 0.762. The van der Waals surface area contributed by atoms with Gasteiger partial charge >= 0.3 is 0 Å². The summed E-state index contributed by atoms with van der Waals surface area (Å²) in [6.07, 6.45) is 2.97. The van der Waals surface area contributed by atoms with E-state index in [0.717, 1.165) is 29.7 Å². The highest BCUT2D eigenvalue weighted by Gasteiger charge is 2.07. The predicted octanol–water partition coefficient (Wildman–Crippen LogP) is 3.29. The molecule has 0 atom stereocenters. The number of hydrogen-bond donors (Lipinski definition) is 1. The van der Waals surface area contributed by atoms with Gasteiger partial charge in [-0.15, -0.1) is 11.3 Å². The Labute approximate surface area is 110 Å². The molecule has 0 aliphatic carbocycles. The number of rotatable bonds is 3. The highest BCUT2D eigenvalue weighted by atomic mass is 32.1. The molecule has 3 aromatic rings. The summed E-state index contributed by atoms with van der Waals surface area (Å²) in [6, 6.07) is 8.09. The standard InChI is InChI=1S/C14H15N3S/c1-2-10-5-6-18-14(10)8-17-9-16-12-7-11(15)3-4-13(12)17/h3-7,9H,2,8,15H2,1H3. The van der Waals surface area contributed by atoms with Crippen molar-refractivity contribution >= 4 is 28.1 Å². The summed E-state index contributed by atoms with van der Waals surface area (Å²) in [7, 11) is 0. The fourth-order valence-corrected chi connectivity index (χ4v) is 3.16. The van der Waals surface area contributed by atoms with Crippen molar-refractivity contribution in [1.82, 2.24) is 9.55 Å². The number of nitrogens with two attached hydrogens (primary N) is 1. The average molecular weight is 257 g/mol. The fraction of sp³-hybridized carbons (Fsp3) is 0.214. The molecule has 2 aromatic heterocycles. The number of nitrogens with zero attached hydrogens (tertiary/aromatic N) is 2. The third-order valence-corrected chi connectivity index (χ3v) is 4.13. The third-order valence-electron chi connectivity index (χ3n) is 3.18. The first kappa shape index (κ1) is 11.3. The molecule has 0 amide bonds. The van der Waals surface area contributed by atoms with Crippen molar-refractivity contribution in [3.8, 4) is 0 Å². The Morgan fingerprint density at radius 1 is 1.33 bits per heavy atom. The maximum atomic E-state index is 5.77. The van der Waals surface area contributed by atoms with Crippen LogP contribution in [0.1, 0.15) is 17.4 Å². The fourth-order valence-electron chi connectivity index (χ4n) is 2.18. The molecule has 0 bridgehead atoms. The van der Waals surface area contributed by atoms with Crippen LogP contribution in [-0.2, 0) is 13.0 Å². The minimum atomic E-state index is 0.762. The van der Waals surface area contributed by atoms with Gasteiger partial charge in [0.2, 0.25) is 0 Å². The number of aromatic nitrogens is 2. The molecule has 0 aliphatic rings. The Morgan fingerprint density at radius 3 is 3.06 bits per heavy atom. The van der Waals surface area contributed by atoms with E-state index in [1.165, 1.54) is 10.4 Å². The molecule has 0 aliphatic heterocycles. The van der Waals surface area contributed by atoms with Gasteiger partial charge in [-0.25, -0.2) is 4.98 Å².